The van der Waals surface area contributed by atoms with Crippen molar-refractivity contribution < 1.29 is 14.3 Å². The molecule has 0 saturated carbocycles. The Morgan fingerprint density at radius 3 is 2.74 bits per heavy atom. The van der Waals surface area contributed by atoms with Crippen LogP contribution >= 0.6 is 11.3 Å². The minimum absolute atomic E-state index is 0.464. The lowest BCUT2D eigenvalue weighted by Gasteiger charge is -2.29. The molecule has 1 N–H and O–H groups in total. The van der Waals surface area contributed by atoms with Gasteiger partial charge in [-0.2, -0.15) is 5.26 Å². The van der Waals surface area contributed by atoms with Crippen LogP contribution in [0, 0.1) is 11.3 Å². The number of nitrogens with one attached hydrogen (secondary N) is 1. The number of likely N-dealkylation sites (N-methyl/N-ethyl adjacent to an activating group) is 1. The highest BCUT2D eigenvalue weighted by molar-refractivity contribution is 7.20. The number of para-hydroxylation sites is 1. The van der Waals surface area contributed by atoms with Gasteiger partial charge in [0, 0.05) is 41.0 Å². The number of hydrogen-bond donors (Lipinski definition) is 1. The van der Waals surface area contributed by atoms with Gasteiger partial charge in [-0.05, 0) is 49.1 Å². The monoisotopic (exact) mass is 536 g/mol. The summed E-state index contributed by atoms with van der Waals surface area (Å²) in [5.41, 5.74) is 6.81. The van der Waals surface area contributed by atoms with Gasteiger partial charge in [0.05, 0.1) is 16.6 Å². The van der Waals surface area contributed by atoms with Crippen molar-refractivity contribution in [2.75, 3.05) is 18.4 Å². The summed E-state index contributed by atoms with van der Waals surface area (Å²) in [4.78, 5) is 35.0. The largest absolute Gasteiger partial charge is 0.449 e. The van der Waals surface area contributed by atoms with Crippen molar-refractivity contribution >= 4 is 39.1 Å². The van der Waals surface area contributed by atoms with E-state index in [0.29, 0.717) is 22.7 Å². The summed E-state index contributed by atoms with van der Waals surface area (Å²) < 4.78 is 5.77. The van der Waals surface area contributed by atoms with Crippen molar-refractivity contribution in [3.8, 4) is 16.5 Å². The molecule has 0 spiro atoms. The molecule has 4 aromatic rings. The number of ether oxygens (including phenoxy) is 1. The molecule has 7 nitrogen and oxygen atoms in total. The van der Waals surface area contributed by atoms with E-state index in [1.807, 2.05) is 36.4 Å². The summed E-state index contributed by atoms with van der Waals surface area (Å²) in [6, 6.07) is 18.0. The number of amides is 1. The molecule has 2 aliphatic rings. The van der Waals surface area contributed by atoms with Gasteiger partial charge in [-0.1, -0.05) is 49.4 Å². The standard InChI is InChI=1S/C31H28N4O3S/c1-3-35-15-14-26-24(17-35)27(22-10-6-7-11-25(22)33-26)31(37)38-18(2)29(36)34-30-23(16-32)21-13-12-19-8-4-5-9-20(19)28(21)39-30/h4-11,18H,3,12-15,17H2,1-2H3,(H,34,36). The number of thiophene rings is 1. The second kappa shape index (κ2) is 10.3. The van der Waals surface area contributed by atoms with Crippen LogP contribution < -0.4 is 5.32 Å². The second-order valence-corrected chi connectivity index (χ2v) is 11.0. The fourth-order valence-electron chi connectivity index (χ4n) is 5.58. The Bertz CT molecular complexity index is 1670. The predicted octanol–water partition coefficient (Wildman–Crippen LogP) is 5.50. The number of aryl methyl sites for hydroxylation is 1. The lowest BCUT2D eigenvalue weighted by atomic mass is 9.90. The summed E-state index contributed by atoms with van der Waals surface area (Å²) >= 11 is 1.40. The molecule has 39 heavy (non-hydrogen) atoms. The average Bonchev–Trinajstić information content (AvgIpc) is 3.32. The summed E-state index contributed by atoms with van der Waals surface area (Å²) in [7, 11) is 0. The number of rotatable bonds is 5. The van der Waals surface area contributed by atoms with Crippen molar-refractivity contribution in [3.63, 3.8) is 0 Å². The fourth-order valence-corrected chi connectivity index (χ4v) is 6.85. The molecule has 196 valence electrons. The number of nitriles is 1. The molecule has 0 bridgehead atoms. The number of aromatic nitrogens is 1. The van der Waals surface area contributed by atoms with Gasteiger partial charge in [0.25, 0.3) is 5.91 Å². The van der Waals surface area contributed by atoms with Crippen molar-refractivity contribution in [2.45, 2.75) is 45.8 Å². The Hall–Kier alpha value is -4.06. The molecule has 0 fully saturated rings. The Kier molecular flexibility index (Phi) is 6.63. The van der Waals surface area contributed by atoms with E-state index in [2.05, 4.69) is 35.3 Å². The molecule has 1 atom stereocenters. The van der Waals surface area contributed by atoms with Crippen LogP contribution in [0.1, 0.15) is 52.2 Å². The third-order valence-electron chi connectivity index (χ3n) is 7.69. The molecule has 2 aromatic heterocycles. The maximum absolute atomic E-state index is 13.6. The Labute approximate surface area is 231 Å². The van der Waals surface area contributed by atoms with Gasteiger partial charge in [-0.25, -0.2) is 4.79 Å². The second-order valence-electron chi connectivity index (χ2n) is 9.97. The van der Waals surface area contributed by atoms with E-state index in [-0.39, 0.29) is 0 Å². The number of carbonyl (C=O) groups is 2. The highest BCUT2D eigenvalue weighted by atomic mass is 32.1. The van der Waals surface area contributed by atoms with Crippen LogP contribution in [0.5, 0.6) is 0 Å². The smallest absolute Gasteiger partial charge is 0.339 e. The molecule has 8 heteroatoms. The Morgan fingerprint density at radius 2 is 1.92 bits per heavy atom. The van der Waals surface area contributed by atoms with Gasteiger partial charge in [0.1, 0.15) is 11.1 Å². The van der Waals surface area contributed by atoms with E-state index in [1.165, 1.54) is 16.9 Å². The van der Waals surface area contributed by atoms with Crippen molar-refractivity contribution in [1.29, 1.82) is 5.26 Å². The van der Waals surface area contributed by atoms with E-state index in [1.54, 1.807) is 6.92 Å². The molecule has 6 rings (SSSR count). The van der Waals surface area contributed by atoms with E-state index in [0.717, 1.165) is 70.5 Å². The van der Waals surface area contributed by atoms with Crippen LogP contribution in [0.15, 0.2) is 48.5 Å². The number of nitrogens with zero attached hydrogens (tertiary/aromatic N) is 3. The first kappa shape index (κ1) is 25.2. The molecular weight excluding hydrogens is 508 g/mol. The number of fused-ring (bicyclic) bond motifs is 5. The molecule has 1 aliphatic carbocycles. The Balaban J connectivity index is 1.27. The third-order valence-corrected chi connectivity index (χ3v) is 8.87. The zero-order chi connectivity index (χ0) is 27.1. The van der Waals surface area contributed by atoms with Crippen molar-refractivity contribution in [3.05, 3.63) is 82.0 Å². The third kappa shape index (κ3) is 4.48. The fraction of sp³-hybridized carbons (Fsp3) is 0.290. The van der Waals surface area contributed by atoms with Crippen LogP contribution in [-0.4, -0.2) is 41.0 Å². The molecule has 1 amide bonds. The Morgan fingerprint density at radius 1 is 1.13 bits per heavy atom. The van der Waals surface area contributed by atoms with Gasteiger partial charge >= 0.3 is 5.97 Å². The number of pyridine rings is 1. The van der Waals surface area contributed by atoms with Crippen LogP contribution in [-0.2, 0) is 35.3 Å². The SMILES string of the molecule is CCN1CCc2nc3ccccc3c(C(=O)OC(C)C(=O)Nc3sc4c(c3C#N)CCc3ccccc3-4)c2C1. The predicted molar refractivity (Wildman–Crippen MR) is 152 cm³/mol. The lowest BCUT2D eigenvalue weighted by molar-refractivity contribution is -0.123. The average molecular weight is 537 g/mol. The number of esters is 1. The molecule has 1 aliphatic heterocycles. The van der Waals surface area contributed by atoms with Gasteiger partial charge < -0.3 is 10.1 Å². The van der Waals surface area contributed by atoms with Crippen molar-refractivity contribution in [2.24, 2.45) is 0 Å². The van der Waals surface area contributed by atoms with E-state index in [4.69, 9.17) is 9.72 Å². The lowest BCUT2D eigenvalue weighted by Crippen LogP contribution is -2.34. The van der Waals surface area contributed by atoms with E-state index in [9.17, 15) is 14.9 Å². The number of carbonyl (C=O) groups excluding carboxylic acids is 2. The molecule has 0 saturated heterocycles. The zero-order valence-corrected chi connectivity index (χ0v) is 22.7. The molecule has 1 unspecified atom stereocenters. The first-order valence-corrected chi connectivity index (χ1v) is 14.1. The van der Waals surface area contributed by atoms with E-state index < -0.39 is 18.0 Å². The quantitative estimate of drug-likeness (QED) is 0.339. The first-order valence-electron chi connectivity index (χ1n) is 13.3. The molecule has 2 aromatic carbocycles. The molecular formula is C31H28N4O3S. The molecule has 0 radical (unpaired) electrons. The first-order chi connectivity index (χ1) is 19.0. The summed E-state index contributed by atoms with van der Waals surface area (Å²) in [6.45, 7) is 6.04. The van der Waals surface area contributed by atoms with Crippen LogP contribution in [0.3, 0.4) is 0 Å². The van der Waals surface area contributed by atoms with E-state index >= 15 is 0 Å². The van der Waals surface area contributed by atoms with Gasteiger partial charge in [0.2, 0.25) is 0 Å². The zero-order valence-electron chi connectivity index (χ0n) is 21.9. The summed E-state index contributed by atoms with van der Waals surface area (Å²) in [5, 5.41) is 14.0. The minimum atomic E-state index is -1.05. The normalized spacial score (nSPS) is 15.0. The van der Waals surface area contributed by atoms with Crippen LogP contribution in [0.2, 0.25) is 0 Å². The maximum Gasteiger partial charge on any atom is 0.339 e. The summed E-state index contributed by atoms with van der Waals surface area (Å²) in [6.07, 6.45) is 1.31. The van der Waals surface area contributed by atoms with Crippen LogP contribution in [0.25, 0.3) is 21.3 Å². The highest BCUT2D eigenvalue weighted by Crippen LogP contribution is 2.44. The number of benzene rings is 2. The van der Waals surface area contributed by atoms with Gasteiger partial charge in [0.15, 0.2) is 6.10 Å². The van der Waals surface area contributed by atoms with Crippen molar-refractivity contribution in [1.82, 2.24) is 9.88 Å². The number of hydrogen-bond acceptors (Lipinski definition) is 7. The van der Waals surface area contributed by atoms with Crippen LogP contribution in [0.4, 0.5) is 5.00 Å². The summed E-state index contributed by atoms with van der Waals surface area (Å²) in [5.74, 6) is -1.00. The number of anilines is 1. The minimum Gasteiger partial charge on any atom is -0.449 e. The van der Waals surface area contributed by atoms with Gasteiger partial charge in [-0.3, -0.25) is 14.7 Å². The van der Waals surface area contributed by atoms with Gasteiger partial charge in [-0.15, -0.1) is 11.3 Å². The highest BCUT2D eigenvalue weighted by Gasteiger charge is 2.30. The molecule has 3 heterocycles. The topological polar surface area (TPSA) is 95.3 Å². The maximum atomic E-state index is 13.6.